The van der Waals surface area contributed by atoms with E-state index < -0.39 is 19.8 Å². The summed E-state index contributed by atoms with van der Waals surface area (Å²) in [6.45, 7) is 5.95. The first-order chi connectivity index (χ1) is 6.60. The van der Waals surface area contributed by atoms with Crippen molar-refractivity contribution < 1.29 is 13.2 Å². The van der Waals surface area contributed by atoms with Crippen molar-refractivity contribution >= 4 is 24.9 Å². The van der Waals surface area contributed by atoms with E-state index in [1.807, 2.05) is 19.6 Å². The van der Waals surface area contributed by atoms with Crippen LogP contribution in [0, 0.1) is 0 Å². The van der Waals surface area contributed by atoms with E-state index in [9.17, 15) is 13.2 Å². The Kier molecular flexibility index (Phi) is 3.21. The standard InChI is InChI=1S/C10H12ClF3Si/c1-15(2,3)9-5-7(10(12,13)14)4-8(11)6-9/h4-6H,1-3H3. The number of benzene rings is 1. The van der Waals surface area contributed by atoms with Crippen molar-refractivity contribution in [1.82, 2.24) is 0 Å². The van der Waals surface area contributed by atoms with Gasteiger partial charge in [0.1, 0.15) is 0 Å². The fourth-order valence-corrected chi connectivity index (χ4v) is 2.69. The summed E-state index contributed by atoms with van der Waals surface area (Å²) >= 11 is 5.68. The maximum Gasteiger partial charge on any atom is 0.416 e. The topological polar surface area (TPSA) is 0 Å². The summed E-state index contributed by atoms with van der Waals surface area (Å²) in [5.74, 6) is 0. The van der Waals surface area contributed by atoms with Gasteiger partial charge < -0.3 is 0 Å². The predicted octanol–water partition coefficient (Wildman–Crippen LogP) is 3.90. The highest BCUT2D eigenvalue weighted by Crippen LogP contribution is 2.30. The van der Waals surface area contributed by atoms with E-state index >= 15 is 0 Å². The number of hydrogen-bond donors (Lipinski definition) is 0. The molecule has 1 aromatic rings. The summed E-state index contributed by atoms with van der Waals surface area (Å²) in [7, 11) is -1.76. The molecule has 1 rings (SSSR count). The first-order valence-electron chi connectivity index (χ1n) is 4.49. The number of rotatable bonds is 1. The second-order valence-corrected chi connectivity index (χ2v) is 9.99. The molecular formula is C10H12ClF3Si. The molecular weight excluding hydrogens is 241 g/mol. The minimum absolute atomic E-state index is 0.155. The van der Waals surface area contributed by atoms with Crippen LogP contribution in [0.15, 0.2) is 18.2 Å². The maximum absolute atomic E-state index is 12.5. The molecule has 0 spiro atoms. The molecule has 0 aliphatic rings. The van der Waals surface area contributed by atoms with Gasteiger partial charge in [0, 0.05) is 5.02 Å². The lowest BCUT2D eigenvalue weighted by Gasteiger charge is -2.19. The molecule has 0 amide bonds. The Morgan fingerprint density at radius 3 is 2.00 bits per heavy atom. The number of alkyl halides is 3. The molecule has 0 aliphatic heterocycles. The number of hydrogen-bond acceptors (Lipinski definition) is 0. The van der Waals surface area contributed by atoms with Crippen LogP contribution in [0.25, 0.3) is 0 Å². The van der Waals surface area contributed by atoms with E-state index in [-0.39, 0.29) is 5.02 Å². The Bertz CT molecular complexity index is 334. The van der Waals surface area contributed by atoms with Crippen molar-refractivity contribution in [3.05, 3.63) is 28.8 Å². The third-order valence-electron chi connectivity index (χ3n) is 2.09. The quantitative estimate of drug-likeness (QED) is 0.665. The highest BCUT2D eigenvalue weighted by molar-refractivity contribution is 6.88. The maximum atomic E-state index is 12.5. The molecule has 0 saturated carbocycles. The highest BCUT2D eigenvalue weighted by Gasteiger charge is 2.32. The Labute approximate surface area is 93.1 Å². The summed E-state index contributed by atoms with van der Waals surface area (Å²) < 4.78 is 37.5. The molecule has 0 atom stereocenters. The minimum Gasteiger partial charge on any atom is -0.166 e. The van der Waals surface area contributed by atoms with Gasteiger partial charge in [-0.15, -0.1) is 0 Å². The Hall–Kier alpha value is -0.483. The van der Waals surface area contributed by atoms with Gasteiger partial charge in [-0.2, -0.15) is 13.2 Å². The smallest absolute Gasteiger partial charge is 0.166 e. The molecule has 5 heteroatoms. The zero-order chi connectivity index (χ0) is 11.9. The lowest BCUT2D eigenvalue weighted by atomic mass is 10.2. The van der Waals surface area contributed by atoms with Crippen LogP contribution in [0.4, 0.5) is 13.2 Å². The molecule has 0 bridgehead atoms. The molecule has 1 aromatic carbocycles. The molecule has 15 heavy (non-hydrogen) atoms. The Morgan fingerprint density at radius 1 is 1.07 bits per heavy atom. The van der Waals surface area contributed by atoms with Crippen molar-refractivity contribution in [2.45, 2.75) is 25.8 Å². The summed E-state index contributed by atoms with van der Waals surface area (Å²) in [4.78, 5) is 0. The molecule has 0 heterocycles. The van der Waals surface area contributed by atoms with E-state index in [0.717, 1.165) is 11.3 Å². The Morgan fingerprint density at radius 2 is 1.60 bits per heavy atom. The van der Waals surface area contributed by atoms with E-state index in [2.05, 4.69) is 0 Å². The van der Waals surface area contributed by atoms with Crippen LogP contribution in [-0.4, -0.2) is 8.07 Å². The molecule has 0 nitrogen and oxygen atoms in total. The van der Waals surface area contributed by atoms with Crippen molar-refractivity contribution in [2.75, 3.05) is 0 Å². The average Bonchev–Trinajstić information content (AvgIpc) is 1.99. The second kappa shape index (κ2) is 3.83. The van der Waals surface area contributed by atoms with Gasteiger partial charge in [0.25, 0.3) is 0 Å². The van der Waals surface area contributed by atoms with Crippen molar-refractivity contribution in [1.29, 1.82) is 0 Å². The van der Waals surface area contributed by atoms with Gasteiger partial charge in [-0.3, -0.25) is 0 Å². The van der Waals surface area contributed by atoms with Crippen molar-refractivity contribution in [2.24, 2.45) is 0 Å². The van der Waals surface area contributed by atoms with E-state index in [1.165, 1.54) is 6.07 Å². The fraction of sp³-hybridized carbons (Fsp3) is 0.400. The van der Waals surface area contributed by atoms with Crippen molar-refractivity contribution in [3.63, 3.8) is 0 Å². The van der Waals surface area contributed by atoms with Crippen LogP contribution in [-0.2, 0) is 6.18 Å². The summed E-state index contributed by atoms with van der Waals surface area (Å²) in [5.41, 5.74) is -0.660. The molecule has 0 aromatic heterocycles. The van der Waals surface area contributed by atoms with Gasteiger partial charge in [0.15, 0.2) is 0 Å². The zero-order valence-electron chi connectivity index (χ0n) is 8.74. The second-order valence-electron chi connectivity index (χ2n) is 4.48. The minimum atomic E-state index is -4.32. The molecule has 84 valence electrons. The van der Waals surface area contributed by atoms with Gasteiger partial charge in [0.2, 0.25) is 0 Å². The summed E-state index contributed by atoms with van der Waals surface area (Å²) in [6.07, 6.45) is -4.32. The zero-order valence-corrected chi connectivity index (χ0v) is 10.5. The molecule has 0 aliphatic carbocycles. The third kappa shape index (κ3) is 3.24. The summed E-state index contributed by atoms with van der Waals surface area (Å²) in [5, 5.41) is 0.879. The van der Waals surface area contributed by atoms with Gasteiger partial charge in [-0.25, -0.2) is 0 Å². The molecule has 0 radical (unpaired) electrons. The lowest BCUT2D eigenvalue weighted by molar-refractivity contribution is -0.137. The van der Waals surface area contributed by atoms with E-state index in [4.69, 9.17) is 11.6 Å². The monoisotopic (exact) mass is 252 g/mol. The average molecular weight is 253 g/mol. The van der Waals surface area contributed by atoms with Crippen LogP contribution >= 0.6 is 11.6 Å². The van der Waals surface area contributed by atoms with Gasteiger partial charge in [-0.1, -0.05) is 42.5 Å². The van der Waals surface area contributed by atoms with Gasteiger partial charge in [-0.05, 0) is 12.1 Å². The molecule has 0 N–H and O–H groups in total. The first kappa shape index (κ1) is 12.6. The first-order valence-corrected chi connectivity index (χ1v) is 8.37. The van der Waals surface area contributed by atoms with Gasteiger partial charge >= 0.3 is 6.18 Å². The van der Waals surface area contributed by atoms with Crippen LogP contribution in [0.1, 0.15) is 5.56 Å². The normalized spacial score (nSPS) is 13.0. The molecule has 0 unspecified atom stereocenters. The fourth-order valence-electron chi connectivity index (χ4n) is 1.19. The SMILES string of the molecule is C[Si](C)(C)c1cc(Cl)cc(C(F)(F)F)c1. The third-order valence-corrected chi connectivity index (χ3v) is 4.33. The predicted molar refractivity (Wildman–Crippen MR) is 59.4 cm³/mol. The van der Waals surface area contributed by atoms with Crippen LogP contribution in [0.3, 0.4) is 0 Å². The van der Waals surface area contributed by atoms with Crippen molar-refractivity contribution in [3.8, 4) is 0 Å². The van der Waals surface area contributed by atoms with E-state index in [0.29, 0.717) is 0 Å². The van der Waals surface area contributed by atoms with E-state index in [1.54, 1.807) is 6.07 Å². The molecule has 0 fully saturated rings. The Balaban J connectivity index is 3.30. The van der Waals surface area contributed by atoms with Crippen LogP contribution < -0.4 is 5.19 Å². The van der Waals surface area contributed by atoms with Crippen LogP contribution in [0.2, 0.25) is 24.7 Å². The highest BCUT2D eigenvalue weighted by atomic mass is 35.5. The summed E-state index contributed by atoms with van der Waals surface area (Å²) in [6, 6.07) is 3.80. The van der Waals surface area contributed by atoms with Crippen LogP contribution in [0.5, 0.6) is 0 Å². The lowest BCUT2D eigenvalue weighted by Crippen LogP contribution is -2.38. The molecule has 0 saturated heterocycles. The van der Waals surface area contributed by atoms with Gasteiger partial charge in [0.05, 0.1) is 13.6 Å². The number of halogens is 4. The largest absolute Gasteiger partial charge is 0.416 e.